The number of carbonyl (C=O) groups excluding carboxylic acids is 1. The molecule has 0 aliphatic heterocycles. The standard InChI is InChI=1S/C26H23N3O3S/c1-29(33(31,32)23-7-3-2-4-8-23)25-10-6-5-9-24(25)26(30)28-22-13-11-20(12-14-22)19-21-15-17-27-18-16-21/h2-18H,19H2,1H3,(H,28,30). The zero-order valence-electron chi connectivity index (χ0n) is 18.0. The van der Waals surface area contributed by atoms with E-state index in [-0.39, 0.29) is 16.4 Å². The molecule has 0 saturated heterocycles. The Morgan fingerprint density at radius 1 is 0.818 bits per heavy atom. The van der Waals surface area contributed by atoms with E-state index in [1.54, 1.807) is 54.9 Å². The molecule has 0 saturated carbocycles. The van der Waals surface area contributed by atoms with Crippen molar-refractivity contribution in [2.75, 3.05) is 16.7 Å². The molecule has 0 spiro atoms. The first-order valence-electron chi connectivity index (χ1n) is 10.4. The zero-order chi connectivity index (χ0) is 23.3. The highest BCUT2D eigenvalue weighted by atomic mass is 32.2. The maximum atomic E-state index is 13.0. The number of para-hydroxylation sites is 1. The molecule has 33 heavy (non-hydrogen) atoms. The van der Waals surface area contributed by atoms with E-state index in [9.17, 15) is 13.2 Å². The Balaban J connectivity index is 1.53. The molecule has 1 N–H and O–H groups in total. The zero-order valence-corrected chi connectivity index (χ0v) is 18.9. The molecule has 7 heteroatoms. The maximum Gasteiger partial charge on any atom is 0.264 e. The Morgan fingerprint density at radius 3 is 2.12 bits per heavy atom. The largest absolute Gasteiger partial charge is 0.322 e. The normalized spacial score (nSPS) is 11.1. The molecule has 0 aliphatic carbocycles. The van der Waals surface area contributed by atoms with E-state index >= 15 is 0 Å². The van der Waals surface area contributed by atoms with Crippen molar-refractivity contribution in [3.8, 4) is 0 Å². The molecule has 1 heterocycles. The van der Waals surface area contributed by atoms with Gasteiger partial charge in [-0.3, -0.25) is 14.1 Å². The van der Waals surface area contributed by atoms with Crippen molar-refractivity contribution < 1.29 is 13.2 Å². The van der Waals surface area contributed by atoms with Gasteiger partial charge < -0.3 is 5.32 Å². The van der Waals surface area contributed by atoms with Crippen LogP contribution in [0.1, 0.15) is 21.5 Å². The van der Waals surface area contributed by atoms with Crippen LogP contribution in [-0.2, 0) is 16.4 Å². The molecule has 0 bridgehead atoms. The molecular formula is C26H23N3O3S. The number of anilines is 2. The summed E-state index contributed by atoms with van der Waals surface area (Å²) in [5.41, 5.74) is 3.45. The van der Waals surface area contributed by atoms with Gasteiger partial charge in [-0.05, 0) is 66.1 Å². The van der Waals surface area contributed by atoms with E-state index in [1.165, 1.54) is 19.2 Å². The topological polar surface area (TPSA) is 79.4 Å². The van der Waals surface area contributed by atoms with Crippen LogP contribution in [0.3, 0.4) is 0 Å². The summed E-state index contributed by atoms with van der Waals surface area (Å²) in [7, 11) is -2.36. The molecule has 0 aliphatic rings. The van der Waals surface area contributed by atoms with Crippen molar-refractivity contribution in [1.82, 2.24) is 4.98 Å². The van der Waals surface area contributed by atoms with E-state index in [1.807, 2.05) is 36.4 Å². The van der Waals surface area contributed by atoms with E-state index in [0.717, 1.165) is 21.9 Å². The van der Waals surface area contributed by atoms with E-state index in [4.69, 9.17) is 0 Å². The number of pyridine rings is 1. The lowest BCUT2D eigenvalue weighted by atomic mass is 10.1. The summed E-state index contributed by atoms with van der Waals surface area (Å²) in [6.07, 6.45) is 4.29. The number of benzene rings is 3. The smallest absolute Gasteiger partial charge is 0.264 e. The van der Waals surface area contributed by atoms with Gasteiger partial charge in [0.05, 0.1) is 16.1 Å². The predicted molar refractivity (Wildman–Crippen MR) is 130 cm³/mol. The Labute approximate surface area is 193 Å². The van der Waals surface area contributed by atoms with Gasteiger partial charge in [-0.1, -0.05) is 42.5 Å². The van der Waals surface area contributed by atoms with Gasteiger partial charge in [-0.25, -0.2) is 8.42 Å². The molecule has 0 fully saturated rings. The third kappa shape index (κ3) is 5.10. The first kappa shape index (κ1) is 22.2. The second-order valence-electron chi connectivity index (χ2n) is 7.49. The average molecular weight is 458 g/mol. The summed E-state index contributed by atoms with van der Waals surface area (Å²) < 4.78 is 27.2. The number of rotatable bonds is 7. The van der Waals surface area contributed by atoms with Crippen LogP contribution in [-0.4, -0.2) is 26.4 Å². The number of aromatic nitrogens is 1. The summed E-state index contributed by atoms with van der Waals surface area (Å²) in [4.78, 5) is 17.2. The highest BCUT2D eigenvalue weighted by molar-refractivity contribution is 7.92. The van der Waals surface area contributed by atoms with Crippen molar-refractivity contribution >= 4 is 27.3 Å². The Bertz CT molecular complexity index is 1340. The molecule has 6 nitrogen and oxygen atoms in total. The SMILES string of the molecule is CN(c1ccccc1C(=O)Nc1ccc(Cc2ccncc2)cc1)S(=O)(=O)c1ccccc1. The number of hydrogen-bond acceptors (Lipinski definition) is 4. The summed E-state index contributed by atoms with van der Waals surface area (Å²) in [5.74, 6) is -0.386. The average Bonchev–Trinajstić information content (AvgIpc) is 2.86. The van der Waals surface area contributed by atoms with Crippen LogP contribution in [0.4, 0.5) is 11.4 Å². The number of hydrogen-bond donors (Lipinski definition) is 1. The lowest BCUT2D eigenvalue weighted by molar-refractivity contribution is 0.102. The van der Waals surface area contributed by atoms with Gasteiger partial charge in [0.25, 0.3) is 15.9 Å². The van der Waals surface area contributed by atoms with Gasteiger partial charge in [-0.2, -0.15) is 0 Å². The Morgan fingerprint density at radius 2 is 1.42 bits per heavy atom. The summed E-state index contributed by atoms with van der Waals surface area (Å²) in [6.45, 7) is 0. The minimum Gasteiger partial charge on any atom is -0.322 e. The van der Waals surface area contributed by atoms with Crippen molar-refractivity contribution in [1.29, 1.82) is 0 Å². The van der Waals surface area contributed by atoms with E-state index < -0.39 is 10.0 Å². The fourth-order valence-electron chi connectivity index (χ4n) is 3.46. The Hall–Kier alpha value is -3.97. The van der Waals surface area contributed by atoms with Gasteiger partial charge in [0.1, 0.15) is 0 Å². The van der Waals surface area contributed by atoms with Crippen LogP contribution in [0, 0.1) is 0 Å². The molecule has 0 atom stereocenters. The van der Waals surface area contributed by atoms with Gasteiger partial charge in [-0.15, -0.1) is 0 Å². The highest BCUT2D eigenvalue weighted by Crippen LogP contribution is 2.26. The van der Waals surface area contributed by atoms with Crippen LogP contribution < -0.4 is 9.62 Å². The summed E-state index contributed by atoms with van der Waals surface area (Å²) in [5, 5.41) is 2.87. The third-order valence-corrected chi connectivity index (χ3v) is 7.04. The van der Waals surface area contributed by atoms with Gasteiger partial charge in [0.15, 0.2) is 0 Å². The first-order chi connectivity index (χ1) is 15.9. The fourth-order valence-corrected chi connectivity index (χ4v) is 4.70. The molecular weight excluding hydrogens is 434 g/mol. The van der Waals surface area contributed by atoms with Crippen LogP contribution in [0.25, 0.3) is 0 Å². The second-order valence-corrected chi connectivity index (χ2v) is 9.46. The Kier molecular flexibility index (Phi) is 6.51. The molecule has 3 aromatic carbocycles. The van der Waals surface area contributed by atoms with Crippen LogP contribution in [0.15, 0.2) is 108 Å². The lowest BCUT2D eigenvalue weighted by Crippen LogP contribution is -2.29. The monoisotopic (exact) mass is 457 g/mol. The molecule has 1 amide bonds. The van der Waals surface area contributed by atoms with E-state index in [0.29, 0.717) is 11.4 Å². The minimum absolute atomic E-state index is 0.160. The molecule has 1 aromatic heterocycles. The molecule has 0 unspecified atom stereocenters. The summed E-state index contributed by atoms with van der Waals surface area (Å²) >= 11 is 0. The number of nitrogens with zero attached hydrogens (tertiary/aromatic N) is 2. The number of carbonyl (C=O) groups is 1. The second kappa shape index (κ2) is 9.67. The fraction of sp³-hybridized carbons (Fsp3) is 0.0769. The van der Waals surface area contributed by atoms with Crippen LogP contribution in [0.5, 0.6) is 0 Å². The van der Waals surface area contributed by atoms with Crippen molar-refractivity contribution in [2.24, 2.45) is 0 Å². The van der Waals surface area contributed by atoms with Gasteiger partial charge in [0.2, 0.25) is 0 Å². The predicted octanol–water partition coefficient (Wildman–Crippen LogP) is 4.75. The van der Waals surface area contributed by atoms with Crippen molar-refractivity contribution in [3.63, 3.8) is 0 Å². The quantitative estimate of drug-likeness (QED) is 0.434. The maximum absolute atomic E-state index is 13.0. The molecule has 4 rings (SSSR count). The lowest BCUT2D eigenvalue weighted by Gasteiger charge is -2.22. The molecule has 0 radical (unpaired) electrons. The van der Waals surface area contributed by atoms with E-state index in [2.05, 4.69) is 10.3 Å². The highest BCUT2D eigenvalue weighted by Gasteiger charge is 2.24. The summed E-state index contributed by atoms with van der Waals surface area (Å²) in [6, 6.07) is 26.3. The van der Waals surface area contributed by atoms with Gasteiger partial charge >= 0.3 is 0 Å². The van der Waals surface area contributed by atoms with Gasteiger partial charge in [0, 0.05) is 25.1 Å². The third-order valence-electron chi connectivity index (χ3n) is 5.26. The van der Waals surface area contributed by atoms with Crippen molar-refractivity contribution in [3.05, 3.63) is 120 Å². The molecule has 4 aromatic rings. The van der Waals surface area contributed by atoms with Crippen LogP contribution >= 0.6 is 0 Å². The molecule has 166 valence electrons. The van der Waals surface area contributed by atoms with Crippen LogP contribution in [0.2, 0.25) is 0 Å². The van der Waals surface area contributed by atoms with Crippen molar-refractivity contribution in [2.45, 2.75) is 11.3 Å². The minimum atomic E-state index is -3.81. The first-order valence-corrected chi connectivity index (χ1v) is 11.8. The number of sulfonamides is 1. The number of nitrogens with one attached hydrogen (secondary N) is 1. The number of amides is 1.